The van der Waals surface area contributed by atoms with Crippen LogP contribution in [0.4, 0.5) is 0 Å². The number of ether oxygens (including phenoxy) is 1. The van der Waals surface area contributed by atoms with E-state index in [1.807, 2.05) is 12.4 Å². The van der Waals surface area contributed by atoms with Gasteiger partial charge in [-0.2, -0.15) is 4.98 Å². The molecule has 0 saturated carbocycles. The second kappa shape index (κ2) is 6.43. The SMILES string of the molecule is Cc1ncsc1CCc1nc(CN2CCOCC2)no1. The number of aromatic nitrogens is 3. The highest BCUT2D eigenvalue weighted by molar-refractivity contribution is 7.09. The van der Waals surface area contributed by atoms with Crippen LogP contribution in [0.3, 0.4) is 0 Å². The third-order valence-corrected chi connectivity index (χ3v) is 4.38. The second-order valence-electron chi connectivity index (χ2n) is 4.85. The molecule has 108 valence electrons. The summed E-state index contributed by atoms with van der Waals surface area (Å²) in [7, 11) is 0. The molecule has 0 aromatic carbocycles. The first-order chi connectivity index (χ1) is 9.81. The lowest BCUT2D eigenvalue weighted by Crippen LogP contribution is -2.35. The number of rotatable bonds is 5. The van der Waals surface area contributed by atoms with Gasteiger partial charge in [0.15, 0.2) is 5.82 Å². The van der Waals surface area contributed by atoms with E-state index in [9.17, 15) is 0 Å². The van der Waals surface area contributed by atoms with Crippen LogP contribution in [-0.4, -0.2) is 46.3 Å². The fourth-order valence-corrected chi connectivity index (χ4v) is 2.98. The molecule has 1 aliphatic rings. The van der Waals surface area contributed by atoms with Crippen LogP contribution in [0.2, 0.25) is 0 Å². The normalized spacial score (nSPS) is 16.6. The van der Waals surface area contributed by atoms with E-state index in [0.29, 0.717) is 5.89 Å². The Balaban J connectivity index is 1.52. The Morgan fingerprint density at radius 3 is 2.90 bits per heavy atom. The van der Waals surface area contributed by atoms with Gasteiger partial charge in [-0.15, -0.1) is 11.3 Å². The van der Waals surface area contributed by atoms with E-state index >= 15 is 0 Å². The van der Waals surface area contributed by atoms with Gasteiger partial charge in [-0.05, 0) is 13.3 Å². The highest BCUT2D eigenvalue weighted by atomic mass is 32.1. The first kappa shape index (κ1) is 13.7. The summed E-state index contributed by atoms with van der Waals surface area (Å²) >= 11 is 1.68. The van der Waals surface area contributed by atoms with Crippen molar-refractivity contribution < 1.29 is 9.26 Å². The summed E-state index contributed by atoms with van der Waals surface area (Å²) < 4.78 is 10.6. The lowest BCUT2D eigenvalue weighted by Gasteiger charge is -2.24. The maximum Gasteiger partial charge on any atom is 0.227 e. The highest BCUT2D eigenvalue weighted by Crippen LogP contribution is 2.15. The zero-order valence-corrected chi connectivity index (χ0v) is 12.4. The molecular weight excluding hydrogens is 276 g/mol. The minimum Gasteiger partial charge on any atom is -0.379 e. The molecule has 0 unspecified atom stereocenters. The van der Waals surface area contributed by atoms with Gasteiger partial charge < -0.3 is 9.26 Å². The fourth-order valence-electron chi connectivity index (χ4n) is 2.20. The molecule has 1 aliphatic heterocycles. The van der Waals surface area contributed by atoms with Crippen LogP contribution in [0.5, 0.6) is 0 Å². The van der Waals surface area contributed by atoms with Crippen LogP contribution < -0.4 is 0 Å². The Bertz CT molecular complexity index is 548. The predicted octanol–water partition coefficient (Wildman–Crippen LogP) is 1.45. The Morgan fingerprint density at radius 1 is 1.30 bits per heavy atom. The molecule has 20 heavy (non-hydrogen) atoms. The second-order valence-corrected chi connectivity index (χ2v) is 5.79. The van der Waals surface area contributed by atoms with Crippen LogP contribution >= 0.6 is 11.3 Å². The van der Waals surface area contributed by atoms with Gasteiger partial charge in [0.2, 0.25) is 5.89 Å². The zero-order chi connectivity index (χ0) is 13.8. The highest BCUT2D eigenvalue weighted by Gasteiger charge is 2.14. The number of aryl methyl sites for hydroxylation is 3. The zero-order valence-electron chi connectivity index (χ0n) is 11.5. The summed E-state index contributed by atoms with van der Waals surface area (Å²) in [5.41, 5.74) is 2.98. The van der Waals surface area contributed by atoms with Crippen LogP contribution in [0.15, 0.2) is 10.0 Å². The third-order valence-electron chi connectivity index (χ3n) is 3.39. The Morgan fingerprint density at radius 2 is 2.15 bits per heavy atom. The fraction of sp³-hybridized carbons (Fsp3) is 0.615. The van der Waals surface area contributed by atoms with Crippen molar-refractivity contribution in [3.8, 4) is 0 Å². The third kappa shape index (κ3) is 3.41. The lowest BCUT2D eigenvalue weighted by atomic mass is 10.2. The van der Waals surface area contributed by atoms with Gasteiger partial charge in [0.25, 0.3) is 0 Å². The smallest absolute Gasteiger partial charge is 0.227 e. The molecular formula is C13H18N4O2S. The van der Waals surface area contributed by atoms with Crippen molar-refractivity contribution >= 4 is 11.3 Å². The molecule has 0 spiro atoms. The van der Waals surface area contributed by atoms with Gasteiger partial charge >= 0.3 is 0 Å². The number of thiazole rings is 1. The van der Waals surface area contributed by atoms with Crippen molar-refractivity contribution in [3.05, 3.63) is 27.8 Å². The molecule has 0 radical (unpaired) electrons. The number of hydrogen-bond donors (Lipinski definition) is 0. The molecule has 2 aromatic rings. The summed E-state index contributed by atoms with van der Waals surface area (Å²) in [6, 6.07) is 0. The summed E-state index contributed by atoms with van der Waals surface area (Å²) in [5, 5.41) is 4.05. The van der Waals surface area contributed by atoms with Crippen LogP contribution in [0, 0.1) is 6.92 Å². The van der Waals surface area contributed by atoms with Crippen molar-refractivity contribution in [2.24, 2.45) is 0 Å². The Labute approximate surface area is 121 Å². The molecule has 0 amide bonds. The van der Waals surface area contributed by atoms with E-state index in [0.717, 1.165) is 57.2 Å². The van der Waals surface area contributed by atoms with Crippen LogP contribution in [0.25, 0.3) is 0 Å². The van der Waals surface area contributed by atoms with Crippen molar-refractivity contribution in [3.63, 3.8) is 0 Å². The van der Waals surface area contributed by atoms with E-state index in [1.165, 1.54) is 4.88 Å². The molecule has 2 aromatic heterocycles. The van der Waals surface area contributed by atoms with Crippen molar-refractivity contribution in [2.45, 2.75) is 26.3 Å². The van der Waals surface area contributed by atoms with Gasteiger partial charge in [-0.25, -0.2) is 4.98 Å². The van der Waals surface area contributed by atoms with Crippen molar-refractivity contribution in [1.82, 2.24) is 20.0 Å². The number of nitrogens with zero attached hydrogens (tertiary/aromatic N) is 4. The first-order valence-corrected chi connectivity index (χ1v) is 7.70. The Hall–Kier alpha value is -1.31. The molecule has 0 aliphatic carbocycles. The van der Waals surface area contributed by atoms with Crippen molar-refractivity contribution in [1.29, 1.82) is 0 Å². The molecule has 3 rings (SSSR count). The number of morpholine rings is 1. The van der Waals surface area contributed by atoms with Crippen LogP contribution in [0.1, 0.15) is 22.3 Å². The summed E-state index contributed by atoms with van der Waals surface area (Å²) in [4.78, 5) is 12.3. The van der Waals surface area contributed by atoms with Gasteiger partial charge in [0.1, 0.15) is 0 Å². The van der Waals surface area contributed by atoms with E-state index in [2.05, 4.69) is 20.0 Å². The molecule has 7 heteroatoms. The van der Waals surface area contributed by atoms with E-state index < -0.39 is 0 Å². The van der Waals surface area contributed by atoms with E-state index in [4.69, 9.17) is 9.26 Å². The van der Waals surface area contributed by atoms with Crippen molar-refractivity contribution in [2.75, 3.05) is 26.3 Å². The van der Waals surface area contributed by atoms with E-state index in [-0.39, 0.29) is 0 Å². The molecule has 3 heterocycles. The molecule has 0 N–H and O–H groups in total. The van der Waals surface area contributed by atoms with Gasteiger partial charge in [-0.3, -0.25) is 4.90 Å². The van der Waals surface area contributed by atoms with Gasteiger partial charge in [-0.1, -0.05) is 5.16 Å². The molecule has 0 atom stereocenters. The quantitative estimate of drug-likeness (QED) is 0.831. The average Bonchev–Trinajstić information content (AvgIpc) is 3.07. The largest absolute Gasteiger partial charge is 0.379 e. The average molecular weight is 294 g/mol. The minimum atomic E-state index is 0.709. The summed E-state index contributed by atoms with van der Waals surface area (Å²) in [5.74, 6) is 1.48. The first-order valence-electron chi connectivity index (χ1n) is 6.82. The molecule has 1 saturated heterocycles. The Kier molecular flexibility index (Phi) is 4.39. The monoisotopic (exact) mass is 294 g/mol. The predicted molar refractivity (Wildman–Crippen MR) is 74.7 cm³/mol. The van der Waals surface area contributed by atoms with Gasteiger partial charge in [0, 0.05) is 24.4 Å². The van der Waals surface area contributed by atoms with Crippen LogP contribution in [-0.2, 0) is 24.1 Å². The topological polar surface area (TPSA) is 64.3 Å². The standard InChI is InChI=1S/C13H18N4O2S/c1-10-11(20-9-14-10)2-3-13-15-12(16-19-13)8-17-4-6-18-7-5-17/h9H,2-8H2,1H3. The summed E-state index contributed by atoms with van der Waals surface area (Å²) in [6.45, 7) is 6.22. The molecule has 6 nitrogen and oxygen atoms in total. The van der Waals surface area contributed by atoms with Gasteiger partial charge in [0.05, 0.1) is 31.0 Å². The minimum absolute atomic E-state index is 0.709. The van der Waals surface area contributed by atoms with E-state index in [1.54, 1.807) is 11.3 Å². The maximum atomic E-state index is 5.32. The summed E-state index contributed by atoms with van der Waals surface area (Å²) in [6.07, 6.45) is 1.69. The number of hydrogen-bond acceptors (Lipinski definition) is 7. The molecule has 0 bridgehead atoms. The maximum absolute atomic E-state index is 5.32. The lowest BCUT2D eigenvalue weighted by molar-refractivity contribution is 0.0327. The molecule has 1 fully saturated rings.